The molecule has 0 aliphatic rings. The number of aromatic nitrogens is 2. The molecule has 0 bridgehead atoms. The van der Waals surface area contributed by atoms with Gasteiger partial charge in [-0.05, 0) is 24.3 Å². The molecule has 0 aromatic carbocycles. The van der Waals surface area contributed by atoms with E-state index in [2.05, 4.69) is 9.97 Å². The first-order valence-electron chi connectivity index (χ1n) is 3.89. The fraction of sp³-hybridized carbons (Fsp3) is 0. The molecule has 0 aliphatic carbocycles. The summed E-state index contributed by atoms with van der Waals surface area (Å²) in [6, 6.07) is 7.42. The number of halogens is 1. The minimum atomic E-state index is 0.649. The van der Waals surface area contributed by atoms with E-state index in [0.717, 1.165) is 11.3 Å². The molecule has 0 fully saturated rings. The Morgan fingerprint density at radius 1 is 1.08 bits per heavy atom. The Bertz CT molecular complexity index is 401. The largest absolute Gasteiger partial charge is 0.264 e. The smallest absolute Gasteiger partial charge is 0.0903 e. The lowest BCUT2D eigenvalue weighted by Crippen LogP contribution is -1.84. The molecule has 2 heterocycles. The molecule has 2 aromatic rings. The third-order valence-corrected chi connectivity index (χ3v) is 2.00. The van der Waals surface area contributed by atoms with Crippen LogP contribution in [0.25, 0.3) is 11.3 Å². The van der Waals surface area contributed by atoms with Gasteiger partial charge in [0.2, 0.25) is 0 Å². The Morgan fingerprint density at radius 3 is 2.62 bits per heavy atom. The second-order valence-corrected chi connectivity index (χ2v) is 2.98. The van der Waals surface area contributed by atoms with Gasteiger partial charge in [0.25, 0.3) is 0 Å². The van der Waals surface area contributed by atoms with Gasteiger partial charge in [-0.2, -0.15) is 0 Å². The molecular formula is C10H7ClN2. The van der Waals surface area contributed by atoms with Crippen molar-refractivity contribution >= 4 is 11.6 Å². The third kappa shape index (κ3) is 1.68. The predicted molar refractivity (Wildman–Crippen MR) is 52.5 cm³/mol. The van der Waals surface area contributed by atoms with Crippen LogP contribution in [0.15, 0.2) is 42.9 Å². The van der Waals surface area contributed by atoms with E-state index in [-0.39, 0.29) is 0 Å². The van der Waals surface area contributed by atoms with Gasteiger partial charge in [-0.1, -0.05) is 11.6 Å². The quantitative estimate of drug-likeness (QED) is 0.691. The van der Waals surface area contributed by atoms with E-state index in [9.17, 15) is 0 Å². The van der Waals surface area contributed by atoms with Gasteiger partial charge < -0.3 is 0 Å². The van der Waals surface area contributed by atoms with Crippen LogP contribution in [-0.4, -0.2) is 9.97 Å². The lowest BCUT2D eigenvalue weighted by atomic mass is 10.2. The predicted octanol–water partition coefficient (Wildman–Crippen LogP) is 2.80. The SMILES string of the molecule is Clc1cccnc1-c1cccnc1. The fourth-order valence-corrected chi connectivity index (χ4v) is 1.33. The van der Waals surface area contributed by atoms with Crippen molar-refractivity contribution in [1.29, 1.82) is 0 Å². The number of pyridine rings is 2. The van der Waals surface area contributed by atoms with Gasteiger partial charge in [0.05, 0.1) is 10.7 Å². The van der Waals surface area contributed by atoms with E-state index in [1.165, 1.54) is 0 Å². The summed E-state index contributed by atoms with van der Waals surface area (Å²) in [6.45, 7) is 0. The second kappa shape index (κ2) is 3.54. The summed E-state index contributed by atoms with van der Waals surface area (Å²) in [4.78, 5) is 8.18. The molecule has 0 unspecified atom stereocenters. The average molecular weight is 191 g/mol. The highest BCUT2D eigenvalue weighted by Crippen LogP contribution is 2.23. The zero-order chi connectivity index (χ0) is 9.10. The summed E-state index contributed by atoms with van der Waals surface area (Å²) >= 11 is 5.97. The molecule has 13 heavy (non-hydrogen) atoms. The van der Waals surface area contributed by atoms with E-state index in [1.807, 2.05) is 24.3 Å². The standard InChI is InChI=1S/C10H7ClN2/c11-9-4-2-6-13-10(9)8-3-1-5-12-7-8/h1-7H. The van der Waals surface area contributed by atoms with E-state index >= 15 is 0 Å². The maximum Gasteiger partial charge on any atom is 0.0903 e. The zero-order valence-corrected chi connectivity index (χ0v) is 7.57. The van der Waals surface area contributed by atoms with Crippen molar-refractivity contribution in [1.82, 2.24) is 9.97 Å². The van der Waals surface area contributed by atoms with Crippen LogP contribution in [0.4, 0.5) is 0 Å². The van der Waals surface area contributed by atoms with Crippen LogP contribution < -0.4 is 0 Å². The fourth-order valence-electron chi connectivity index (χ4n) is 1.10. The van der Waals surface area contributed by atoms with Crippen LogP contribution >= 0.6 is 11.6 Å². The van der Waals surface area contributed by atoms with Gasteiger partial charge >= 0.3 is 0 Å². The molecule has 2 aromatic heterocycles. The highest BCUT2D eigenvalue weighted by molar-refractivity contribution is 6.32. The number of rotatable bonds is 1. The highest BCUT2D eigenvalue weighted by Gasteiger charge is 2.02. The van der Waals surface area contributed by atoms with Crippen LogP contribution in [-0.2, 0) is 0 Å². The molecule has 0 radical (unpaired) electrons. The first-order valence-corrected chi connectivity index (χ1v) is 4.26. The third-order valence-electron chi connectivity index (χ3n) is 1.69. The normalized spacial score (nSPS) is 9.92. The van der Waals surface area contributed by atoms with Crippen molar-refractivity contribution < 1.29 is 0 Å². The molecule has 0 spiro atoms. The Morgan fingerprint density at radius 2 is 1.92 bits per heavy atom. The topological polar surface area (TPSA) is 25.8 Å². The number of hydrogen-bond acceptors (Lipinski definition) is 2. The molecule has 3 heteroatoms. The van der Waals surface area contributed by atoms with Crippen LogP contribution in [0.2, 0.25) is 5.02 Å². The minimum absolute atomic E-state index is 0.649. The first kappa shape index (κ1) is 8.20. The monoisotopic (exact) mass is 190 g/mol. The van der Waals surface area contributed by atoms with Gasteiger partial charge in [-0.3, -0.25) is 9.97 Å². The van der Waals surface area contributed by atoms with Gasteiger partial charge in [0.15, 0.2) is 0 Å². The molecule has 2 nitrogen and oxygen atoms in total. The van der Waals surface area contributed by atoms with E-state index in [1.54, 1.807) is 18.6 Å². The average Bonchev–Trinajstić information content (AvgIpc) is 2.20. The Balaban J connectivity index is 2.54. The Kier molecular flexibility index (Phi) is 2.23. The van der Waals surface area contributed by atoms with Crippen molar-refractivity contribution in [3.05, 3.63) is 47.9 Å². The van der Waals surface area contributed by atoms with Crippen LogP contribution in [0, 0.1) is 0 Å². The molecule has 2 rings (SSSR count). The summed E-state index contributed by atoms with van der Waals surface area (Å²) < 4.78 is 0. The molecule has 64 valence electrons. The van der Waals surface area contributed by atoms with Crippen molar-refractivity contribution in [3.8, 4) is 11.3 Å². The first-order chi connectivity index (χ1) is 6.38. The maximum absolute atomic E-state index is 5.97. The molecule has 0 saturated carbocycles. The van der Waals surface area contributed by atoms with Crippen molar-refractivity contribution in [3.63, 3.8) is 0 Å². The van der Waals surface area contributed by atoms with Gasteiger partial charge in [0.1, 0.15) is 0 Å². The van der Waals surface area contributed by atoms with Crippen LogP contribution in [0.5, 0.6) is 0 Å². The van der Waals surface area contributed by atoms with Crippen molar-refractivity contribution in [2.24, 2.45) is 0 Å². The second-order valence-electron chi connectivity index (χ2n) is 2.58. The Labute approximate surface area is 81.2 Å². The number of hydrogen-bond donors (Lipinski definition) is 0. The summed E-state index contributed by atoms with van der Waals surface area (Å²) in [5.41, 5.74) is 1.71. The van der Waals surface area contributed by atoms with Crippen molar-refractivity contribution in [2.45, 2.75) is 0 Å². The molecule has 0 N–H and O–H groups in total. The Hall–Kier alpha value is -1.41. The summed E-state index contributed by atoms with van der Waals surface area (Å²) in [5.74, 6) is 0. The van der Waals surface area contributed by atoms with Crippen LogP contribution in [0.3, 0.4) is 0 Å². The van der Waals surface area contributed by atoms with E-state index in [0.29, 0.717) is 5.02 Å². The van der Waals surface area contributed by atoms with Crippen LogP contribution in [0.1, 0.15) is 0 Å². The summed E-state index contributed by atoms with van der Waals surface area (Å²) in [7, 11) is 0. The lowest BCUT2D eigenvalue weighted by Gasteiger charge is -2.00. The number of nitrogens with zero attached hydrogens (tertiary/aromatic N) is 2. The zero-order valence-electron chi connectivity index (χ0n) is 6.81. The van der Waals surface area contributed by atoms with Gasteiger partial charge in [-0.15, -0.1) is 0 Å². The summed E-state index contributed by atoms with van der Waals surface area (Å²) in [5, 5.41) is 0.649. The van der Waals surface area contributed by atoms with Crippen molar-refractivity contribution in [2.75, 3.05) is 0 Å². The molecule has 0 saturated heterocycles. The maximum atomic E-state index is 5.97. The molecule has 0 amide bonds. The van der Waals surface area contributed by atoms with Gasteiger partial charge in [0, 0.05) is 24.2 Å². The lowest BCUT2D eigenvalue weighted by molar-refractivity contribution is 1.28. The van der Waals surface area contributed by atoms with E-state index < -0.39 is 0 Å². The van der Waals surface area contributed by atoms with Gasteiger partial charge in [-0.25, -0.2) is 0 Å². The molecule has 0 atom stereocenters. The summed E-state index contributed by atoms with van der Waals surface area (Å²) in [6.07, 6.45) is 5.18. The minimum Gasteiger partial charge on any atom is -0.264 e. The molecular weight excluding hydrogens is 184 g/mol. The highest BCUT2D eigenvalue weighted by atomic mass is 35.5. The molecule has 0 aliphatic heterocycles. The van der Waals surface area contributed by atoms with E-state index in [4.69, 9.17) is 11.6 Å².